The fraction of sp³-hybridized carbons (Fsp3) is 0.200. The summed E-state index contributed by atoms with van der Waals surface area (Å²) in [7, 11) is 1.41. The number of ether oxygens (including phenoxy) is 1. The zero-order chi connectivity index (χ0) is 11.4. The van der Waals surface area contributed by atoms with Gasteiger partial charge in [-0.3, -0.25) is 0 Å². The molecule has 1 aromatic rings. The van der Waals surface area contributed by atoms with Crippen LogP contribution in [-0.4, -0.2) is 23.1 Å². The quantitative estimate of drug-likeness (QED) is 0.734. The average molecular weight is 225 g/mol. The third-order valence-electron chi connectivity index (χ3n) is 1.84. The normalized spacial score (nSPS) is 9.67. The number of phenols is 1. The molecule has 0 atom stereocenters. The first-order chi connectivity index (χ1) is 7.04. The number of carbonyl (C=O) groups is 1. The monoisotopic (exact) mass is 225 g/mol. The highest BCUT2D eigenvalue weighted by atomic mass is 32.1. The summed E-state index contributed by atoms with van der Waals surface area (Å²) in [6, 6.07) is 4.53. The number of benzene rings is 1. The molecule has 80 valence electrons. The van der Waals surface area contributed by atoms with Gasteiger partial charge in [0.15, 0.2) is 11.5 Å². The Labute approximate surface area is 92.1 Å². The molecule has 0 fully saturated rings. The van der Waals surface area contributed by atoms with Crippen molar-refractivity contribution in [1.82, 2.24) is 0 Å². The summed E-state index contributed by atoms with van der Waals surface area (Å²) < 4.78 is 4.87. The van der Waals surface area contributed by atoms with E-state index in [1.807, 2.05) is 0 Å². The Morgan fingerprint density at radius 3 is 2.80 bits per heavy atom. The fourth-order valence-corrected chi connectivity index (χ4v) is 1.26. The molecule has 0 unspecified atom stereocenters. The molecular formula is C10H9O4S-. The van der Waals surface area contributed by atoms with Gasteiger partial charge in [0, 0.05) is 11.3 Å². The molecule has 5 heteroatoms. The summed E-state index contributed by atoms with van der Waals surface area (Å²) in [5.41, 5.74) is 0.652. The fourth-order valence-electron chi connectivity index (χ4n) is 1.09. The van der Waals surface area contributed by atoms with E-state index in [2.05, 4.69) is 12.2 Å². The summed E-state index contributed by atoms with van der Waals surface area (Å²) in [5, 5.41) is 19.7. The Hall–Kier alpha value is -1.62. The maximum atomic E-state index is 10.4. The first-order valence-electron chi connectivity index (χ1n) is 4.14. The lowest BCUT2D eigenvalue weighted by molar-refractivity contribution is -0.293. The van der Waals surface area contributed by atoms with E-state index in [1.54, 1.807) is 6.07 Å². The van der Waals surface area contributed by atoms with Crippen molar-refractivity contribution in [3.8, 4) is 11.5 Å². The lowest BCUT2D eigenvalue weighted by atomic mass is 10.1. The van der Waals surface area contributed by atoms with Crippen molar-refractivity contribution in [1.29, 1.82) is 0 Å². The lowest BCUT2D eigenvalue weighted by Crippen LogP contribution is -2.31. The van der Waals surface area contributed by atoms with Crippen molar-refractivity contribution in [3.63, 3.8) is 0 Å². The first kappa shape index (κ1) is 11.5. The summed E-state index contributed by atoms with van der Waals surface area (Å²) in [6.45, 7) is 0. The molecule has 15 heavy (non-hydrogen) atoms. The van der Waals surface area contributed by atoms with Crippen LogP contribution >= 0.6 is 12.2 Å². The minimum atomic E-state index is -1.35. The Bertz CT molecular complexity index is 400. The van der Waals surface area contributed by atoms with Gasteiger partial charge >= 0.3 is 0 Å². The van der Waals surface area contributed by atoms with Crippen LogP contribution in [0, 0.1) is 0 Å². The molecule has 0 aliphatic carbocycles. The van der Waals surface area contributed by atoms with Gasteiger partial charge in [-0.1, -0.05) is 18.3 Å². The highest BCUT2D eigenvalue weighted by Crippen LogP contribution is 2.26. The third kappa shape index (κ3) is 2.92. The summed E-state index contributed by atoms with van der Waals surface area (Å²) in [6.07, 6.45) is 0.0916. The summed E-state index contributed by atoms with van der Waals surface area (Å²) >= 11 is 4.61. The van der Waals surface area contributed by atoms with Gasteiger partial charge < -0.3 is 19.7 Å². The molecule has 1 aromatic carbocycles. The van der Waals surface area contributed by atoms with E-state index in [0.29, 0.717) is 5.56 Å². The topological polar surface area (TPSA) is 69.6 Å². The van der Waals surface area contributed by atoms with Crippen LogP contribution in [0.3, 0.4) is 0 Å². The number of phenolic OH excluding ortho intramolecular Hbond substituents is 1. The second-order valence-corrected chi connectivity index (χ2v) is 3.39. The van der Waals surface area contributed by atoms with Gasteiger partial charge in [0.2, 0.25) is 0 Å². The Morgan fingerprint density at radius 2 is 2.27 bits per heavy atom. The maximum Gasteiger partial charge on any atom is 0.160 e. The predicted octanol–water partition coefficient (Wildman–Crippen LogP) is 0.0631. The second-order valence-electron chi connectivity index (χ2n) is 2.89. The van der Waals surface area contributed by atoms with Crippen molar-refractivity contribution in [2.45, 2.75) is 6.42 Å². The molecule has 4 nitrogen and oxygen atoms in total. The van der Waals surface area contributed by atoms with Gasteiger partial charge in [-0.15, -0.1) is 0 Å². The van der Waals surface area contributed by atoms with E-state index in [9.17, 15) is 15.0 Å². The van der Waals surface area contributed by atoms with Gasteiger partial charge in [0.05, 0.1) is 13.1 Å². The molecule has 1 rings (SSSR count). The number of hydrogen-bond donors (Lipinski definition) is 1. The molecule has 0 heterocycles. The van der Waals surface area contributed by atoms with Gasteiger partial charge in [0.1, 0.15) is 0 Å². The predicted molar refractivity (Wildman–Crippen MR) is 56.0 cm³/mol. The van der Waals surface area contributed by atoms with E-state index < -0.39 is 5.97 Å². The molecule has 0 aliphatic heterocycles. The molecule has 0 radical (unpaired) electrons. The second kappa shape index (κ2) is 4.75. The van der Waals surface area contributed by atoms with Gasteiger partial charge in [-0.25, -0.2) is 0 Å². The number of aromatic hydroxyl groups is 1. The van der Waals surface area contributed by atoms with Gasteiger partial charge in [0.25, 0.3) is 0 Å². The smallest absolute Gasteiger partial charge is 0.160 e. The maximum absolute atomic E-state index is 10.4. The molecule has 0 amide bonds. The number of carboxylic acid groups (broad SMARTS) is 1. The van der Waals surface area contributed by atoms with Gasteiger partial charge in [-0.05, 0) is 17.7 Å². The average Bonchev–Trinajstić information content (AvgIpc) is 2.20. The Kier molecular flexibility index (Phi) is 3.62. The number of hydrogen-bond acceptors (Lipinski definition) is 5. The highest BCUT2D eigenvalue weighted by molar-refractivity contribution is 7.82. The Morgan fingerprint density at radius 1 is 1.60 bits per heavy atom. The Balaban J connectivity index is 2.87. The number of methoxy groups -OCH3 is 1. The molecule has 0 bridgehead atoms. The first-order valence-corrected chi connectivity index (χ1v) is 4.55. The van der Waals surface area contributed by atoms with Crippen molar-refractivity contribution in [2.24, 2.45) is 0 Å². The van der Waals surface area contributed by atoms with E-state index in [0.717, 1.165) is 0 Å². The van der Waals surface area contributed by atoms with Crippen molar-refractivity contribution in [3.05, 3.63) is 23.8 Å². The zero-order valence-electron chi connectivity index (χ0n) is 8.02. The minimum absolute atomic E-state index is 0.000573. The molecule has 0 aliphatic rings. The lowest BCUT2D eigenvalue weighted by Gasteiger charge is -2.07. The van der Waals surface area contributed by atoms with Crippen LogP contribution in [0.5, 0.6) is 11.5 Å². The van der Waals surface area contributed by atoms with Crippen molar-refractivity contribution in [2.75, 3.05) is 7.11 Å². The number of carboxylic acids is 1. The van der Waals surface area contributed by atoms with E-state index >= 15 is 0 Å². The molecule has 1 N–H and O–H groups in total. The van der Waals surface area contributed by atoms with Crippen LogP contribution in [0.15, 0.2) is 18.2 Å². The number of aliphatic carboxylic acids is 1. The van der Waals surface area contributed by atoms with E-state index in [-0.39, 0.29) is 22.8 Å². The van der Waals surface area contributed by atoms with Crippen LogP contribution in [-0.2, 0) is 11.2 Å². The number of thiocarbonyl (C=S) groups is 1. The number of carbonyl (C=O) groups excluding carboxylic acids is 1. The van der Waals surface area contributed by atoms with E-state index in [4.69, 9.17) is 4.74 Å². The summed E-state index contributed by atoms with van der Waals surface area (Å²) in [5.74, 6) is -1.06. The van der Waals surface area contributed by atoms with Crippen LogP contribution in [0.1, 0.15) is 5.56 Å². The third-order valence-corrected chi connectivity index (χ3v) is 2.15. The molecule has 0 spiro atoms. The summed E-state index contributed by atoms with van der Waals surface area (Å²) in [4.78, 5) is 10.2. The SMILES string of the molecule is COc1cc(CC(=S)C(=O)[O-])ccc1O. The van der Waals surface area contributed by atoms with Crippen molar-refractivity contribution >= 4 is 23.1 Å². The minimum Gasteiger partial charge on any atom is -0.544 e. The highest BCUT2D eigenvalue weighted by Gasteiger charge is 2.05. The van der Waals surface area contributed by atoms with E-state index in [1.165, 1.54) is 19.2 Å². The molecule has 0 saturated heterocycles. The largest absolute Gasteiger partial charge is 0.544 e. The zero-order valence-corrected chi connectivity index (χ0v) is 8.84. The van der Waals surface area contributed by atoms with Crippen LogP contribution in [0.4, 0.5) is 0 Å². The van der Waals surface area contributed by atoms with Crippen LogP contribution in [0.2, 0.25) is 0 Å². The van der Waals surface area contributed by atoms with Crippen molar-refractivity contribution < 1.29 is 19.7 Å². The van der Waals surface area contributed by atoms with Gasteiger partial charge in [-0.2, -0.15) is 0 Å². The molecule has 0 aromatic heterocycles. The van der Waals surface area contributed by atoms with Crippen LogP contribution in [0.25, 0.3) is 0 Å². The van der Waals surface area contributed by atoms with Crippen LogP contribution < -0.4 is 9.84 Å². The molecular weight excluding hydrogens is 216 g/mol. The molecule has 0 saturated carbocycles. The standard InChI is InChI=1S/C10H10O4S/c1-14-8-4-6(2-3-7(8)11)5-9(15)10(12)13/h2-4,11H,5H2,1H3,(H,12,13)/p-1. The number of rotatable bonds is 4.